The molecule has 0 spiro atoms. The Balaban J connectivity index is 5.82. The minimum absolute atomic E-state index is 0.953. The smallest absolute Gasteiger partial charge is 0.200 e. The predicted molar refractivity (Wildman–Crippen MR) is 88.1 cm³/mol. The Morgan fingerprint density at radius 1 is 0.256 bits per heavy atom. The largest absolute Gasteiger partial charge is 0.460 e. The Kier molecular flexibility index (Phi) is 10.7. The van der Waals surface area contributed by atoms with Gasteiger partial charge in [0.05, 0.1) is 0 Å². The quantitative estimate of drug-likeness (QED) is 0.127. The Morgan fingerprint density at radius 2 is 0.442 bits per heavy atom. The summed E-state index contributed by atoms with van der Waals surface area (Å²) >= 11 is -0.953. The van der Waals surface area contributed by atoms with Crippen LogP contribution in [0.1, 0.15) is 12.8 Å². The van der Waals surface area contributed by atoms with Crippen LogP contribution in [0.15, 0.2) is 0 Å². The van der Waals surface area contributed by atoms with Crippen LogP contribution < -0.4 is 0 Å². The molecule has 0 atom stereocenters. The Morgan fingerprint density at radius 3 is 0.628 bits per heavy atom. The van der Waals surface area contributed by atoms with E-state index >= 15 is 0 Å². The topological polar surface area (TPSA) is 0 Å². The highest BCUT2D eigenvalue weighted by Crippen LogP contribution is 2.62. The lowest BCUT2D eigenvalue weighted by Crippen LogP contribution is -2.70. The highest BCUT2D eigenvalue weighted by atomic mass is 32.2. The molecule has 0 bridgehead atoms. The van der Waals surface area contributed by atoms with Gasteiger partial charge in [-0.05, 0) is 11.5 Å². The van der Waals surface area contributed by atoms with Gasteiger partial charge in [-0.2, -0.15) is 126 Å². The molecular formula is C16H8F26S. The Hall–Kier alpha value is -1.47. The summed E-state index contributed by atoms with van der Waals surface area (Å²) < 4.78 is 336. The molecule has 260 valence electrons. The molecule has 0 saturated heterocycles. The number of hydrogen-bond donors (Lipinski definition) is 0. The van der Waals surface area contributed by atoms with E-state index in [4.69, 9.17) is 0 Å². The van der Waals surface area contributed by atoms with E-state index in [0.29, 0.717) is 0 Å². The molecule has 0 heterocycles. The zero-order valence-corrected chi connectivity index (χ0v) is 19.9. The van der Waals surface area contributed by atoms with E-state index in [1.807, 2.05) is 0 Å². The van der Waals surface area contributed by atoms with Crippen LogP contribution in [0.3, 0.4) is 0 Å². The first-order valence-electron chi connectivity index (χ1n) is 9.70. The van der Waals surface area contributed by atoms with Crippen molar-refractivity contribution >= 4 is 11.8 Å². The minimum Gasteiger partial charge on any atom is -0.200 e. The average Bonchev–Trinajstić information content (AvgIpc) is 2.75. The van der Waals surface area contributed by atoms with E-state index < -0.39 is 108 Å². The fourth-order valence-corrected chi connectivity index (χ4v) is 3.43. The maximum absolute atomic E-state index is 13.5. The van der Waals surface area contributed by atoms with E-state index in [-0.39, 0.29) is 0 Å². The first kappa shape index (κ1) is 41.5. The highest BCUT2D eigenvalue weighted by Gasteiger charge is 2.92. The molecule has 27 heteroatoms. The maximum Gasteiger partial charge on any atom is 0.460 e. The summed E-state index contributed by atoms with van der Waals surface area (Å²) in [6.45, 7) is 0. The van der Waals surface area contributed by atoms with Crippen molar-refractivity contribution < 1.29 is 114 Å². The first-order valence-corrected chi connectivity index (χ1v) is 10.9. The molecule has 0 N–H and O–H groups in total. The maximum atomic E-state index is 13.5. The molecule has 0 nitrogen and oxygen atoms in total. The molecule has 0 unspecified atom stereocenters. The third-order valence-electron chi connectivity index (χ3n) is 5.12. The second-order valence-corrected chi connectivity index (χ2v) is 9.34. The lowest BCUT2D eigenvalue weighted by atomic mass is 9.93. The molecule has 0 fully saturated rings. The fourth-order valence-electron chi connectivity index (χ4n) is 2.42. The van der Waals surface area contributed by atoms with E-state index in [1.54, 1.807) is 0 Å². The highest BCUT2D eigenvalue weighted by molar-refractivity contribution is 7.99. The van der Waals surface area contributed by atoms with Crippen molar-refractivity contribution in [3.63, 3.8) is 0 Å². The van der Waals surface area contributed by atoms with Crippen molar-refractivity contribution in [2.24, 2.45) is 0 Å². The van der Waals surface area contributed by atoms with Gasteiger partial charge in [0.2, 0.25) is 0 Å². The van der Waals surface area contributed by atoms with Gasteiger partial charge in [0.1, 0.15) is 0 Å². The first-order chi connectivity index (χ1) is 18.2. The van der Waals surface area contributed by atoms with Gasteiger partial charge in [0.25, 0.3) is 0 Å². The van der Waals surface area contributed by atoms with Gasteiger partial charge < -0.3 is 0 Å². The molecule has 0 aromatic heterocycles. The second kappa shape index (κ2) is 11.1. The number of halogens is 26. The van der Waals surface area contributed by atoms with Crippen molar-refractivity contribution in [3.05, 3.63) is 0 Å². The van der Waals surface area contributed by atoms with Crippen molar-refractivity contribution in [1.82, 2.24) is 0 Å². The molecule has 0 amide bonds. The molecule has 0 aromatic carbocycles. The normalized spacial score (nSPS) is 16.6. The predicted octanol–water partition coefficient (Wildman–Crippen LogP) is 9.98. The zero-order chi connectivity index (χ0) is 35.5. The molecule has 0 saturated carbocycles. The molecule has 0 rings (SSSR count). The third kappa shape index (κ3) is 6.20. The summed E-state index contributed by atoms with van der Waals surface area (Å²) in [6.07, 6.45) is -21.7. The minimum atomic E-state index is -8.30. The van der Waals surface area contributed by atoms with Gasteiger partial charge in [-0.3, -0.25) is 0 Å². The molecule has 43 heavy (non-hydrogen) atoms. The Labute approximate surface area is 223 Å². The van der Waals surface area contributed by atoms with Gasteiger partial charge >= 0.3 is 71.6 Å². The summed E-state index contributed by atoms with van der Waals surface area (Å²) in [4.78, 5) is 0. The summed E-state index contributed by atoms with van der Waals surface area (Å²) in [5, 5.41) is 0. The van der Waals surface area contributed by atoms with Crippen molar-refractivity contribution in [2.45, 2.75) is 84.4 Å². The number of rotatable bonds is 14. The van der Waals surface area contributed by atoms with Crippen LogP contribution in [-0.4, -0.2) is 83.1 Å². The molecule has 0 aliphatic carbocycles. The molecule has 0 aromatic rings. The van der Waals surface area contributed by atoms with Crippen LogP contribution in [0.2, 0.25) is 0 Å². The van der Waals surface area contributed by atoms with Crippen LogP contribution in [0.25, 0.3) is 0 Å². The summed E-state index contributed by atoms with van der Waals surface area (Å²) in [5.41, 5.74) is 0. The second-order valence-electron chi connectivity index (χ2n) is 8.11. The summed E-state index contributed by atoms with van der Waals surface area (Å²) in [5.74, 6) is -82.9. The lowest BCUT2D eigenvalue weighted by Gasteiger charge is -2.40. The number of thioether (sulfide) groups is 1. The average molecular weight is 726 g/mol. The third-order valence-corrected chi connectivity index (χ3v) is 6.10. The standard InChI is InChI=1S/C16H8F26S/c17-5(18,7(21,22)9(25,26)11(29,30)13(33,34)15(37,38)39)1-3-43-4-2-6(19,20)8(23,24)10(27,28)12(31,32)14(35,36)16(40,41)42/h1-4H2. The summed E-state index contributed by atoms with van der Waals surface area (Å²) in [7, 11) is 0. The van der Waals surface area contributed by atoms with Crippen molar-refractivity contribution in [2.75, 3.05) is 11.5 Å². The molecule has 0 radical (unpaired) electrons. The van der Waals surface area contributed by atoms with Gasteiger partial charge in [-0.25, -0.2) is 0 Å². The van der Waals surface area contributed by atoms with E-state index in [1.165, 1.54) is 0 Å². The molecule has 0 aliphatic heterocycles. The molecular weight excluding hydrogens is 718 g/mol. The monoisotopic (exact) mass is 726 g/mol. The van der Waals surface area contributed by atoms with E-state index in [9.17, 15) is 114 Å². The van der Waals surface area contributed by atoms with E-state index in [0.717, 1.165) is 0 Å². The summed E-state index contributed by atoms with van der Waals surface area (Å²) in [6, 6.07) is 0. The van der Waals surface area contributed by atoms with Crippen LogP contribution in [0.4, 0.5) is 114 Å². The van der Waals surface area contributed by atoms with Gasteiger partial charge in [-0.1, -0.05) is 0 Å². The van der Waals surface area contributed by atoms with Crippen molar-refractivity contribution in [1.29, 1.82) is 0 Å². The SMILES string of the molecule is FC(F)(F)C(F)(F)C(F)(F)C(F)(F)C(F)(F)C(F)(F)CCSCCC(F)(F)C(F)(F)C(F)(F)C(F)(F)C(F)(F)C(F)(F)F. The number of alkyl halides is 26. The van der Waals surface area contributed by atoms with Crippen LogP contribution >= 0.6 is 11.8 Å². The van der Waals surface area contributed by atoms with Crippen LogP contribution in [-0.2, 0) is 0 Å². The fraction of sp³-hybridized carbons (Fsp3) is 1.00. The van der Waals surface area contributed by atoms with Gasteiger partial charge in [0, 0.05) is 12.8 Å². The van der Waals surface area contributed by atoms with Gasteiger partial charge in [0.15, 0.2) is 0 Å². The number of hydrogen-bond acceptors (Lipinski definition) is 1. The van der Waals surface area contributed by atoms with Crippen LogP contribution in [0.5, 0.6) is 0 Å². The lowest BCUT2D eigenvalue weighted by molar-refractivity contribution is -0.439. The Bertz CT molecular complexity index is 877. The van der Waals surface area contributed by atoms with Crippen molar-refractivity contribution in [3.8, 4) is 0 Å². The van der Waals surface area contributed by atoms with Crippen LogP contribution in [0, 0.1) is 0 Å². The van der Waals surface area contributed by atoms with Gasteiger partial charge in [-0.15, -0.1) is 0 Å². The molecule has 0 aliphatic rings. The van der Waals surface area contributed by atoms with E-state index in [2.05, 4.69) is 0 Å². The zero-order valence-electron chi connectivity index (χ0n) is 19.1.